The van der Waals surface area contributed by atoms with Crippen LogP contribution in [0.15, 0.2) is 12.2 Å². The van der Waals surface area contributed by atoms with Gasteiger partial charge in [0.05, 0.1) is 6.10 Å². The molecule has 0 N–H and O–H groups in total. The SMILES string of the molecule is CCCCCC/C=C/[C@@H]1CCCC(OC)O1. The maximum atomic E-state index is 5.75. The largest absolute Gasteiger partial charge is 0.356 e. The monoisotopic (exact) mass is 226 g/mol. The first-order chi connectivity index (χ1) is 7.86. The van der Waals surface area contributed by atoms with Crippen LogP contribution in [-0.2, 0) is 9.47 Å². The van der Waals surface area contributed by atoms with Crippen molar-refractivity contribution in [2.75, 3.05) is 7.11 Å². The van der Waals surface area contributed by atoms with Crippen LogP contribution in [-0.4, -0.2) is 19.5 Å². The van der Waals surface area contributed by atoms with Crippen molar-refractivity contribution in [3.05, 3.63) is 12.2 Å². The van der Waals surface area contributed by atoms with Gasteiger partial charge in [-0.1, -0.05) is 38.3 Å². The van der Waals surface area contributed by atoms with Crippen LogP contribution in [0.1, 0.15) is 58.3 Å². The van der Waals surface area contributed by atoms with Crippen LogP contribution in [0.4, 0.5) is 0 Å². The fourth-order valence-electron chi connectivity index (χ4n) is 2.07. The average Bonchev–Trinajstić information content (AvgIpc) is 2.34. The van der Waals surface area contributed by atoms with Crippen LogP contribution in [0.5, 0.6) is 0 Å². The van der Waals surface area contributed by atoms with Crippen molar-refractivity contribution < 1.29 is 9.47 Å². The minimum Gasteiger partial charge on any atom is -0.356 e. The highest BCUT2D eigenvalue weighted by Crippen LogP contribution is 2.20. The zero-order valence-corrected chi connectivity index (χ0v) is 10.8. The second-order valence-electron chi connectivity index (χ2n) is 4.55. The molecule has 2 atom stereocenters. The Labute approximate surface area is 100 Å². The van der Waals surface area contributed by atoms with E-state index in [1.165, 1.54) is 38.5 Å². The number of hydrogen-bond donors (Lipinski definition) is 0. The molecule has 1 unspecified atom stereocenters. The summed E-state index contributed by atoms with van der Waals surface area (Å²) in [5.74, 6) is 0. The van der Waals surface area contributed by atoms with E-state index in [0.717, 1.165) is 12.8 Å². The van der Waals surface area contributed by atoms with E-state index in [-0.39, 0.29) is 12.4 Å². The molecule has 1 fully saturated rings. The highest BCUT2D eigenvalue weighted by Gasteiger charge is 2.19. The minimum atomic E-state index is 0.0171. The Morgan fingerprint density at radius 1 is 1.25 bits per heavy atom. The molecular formula is C14H26O2. The number of unbranched alkanes of at least 4 members (excludes halogenated alkanes) is 4. The number of hydrogen-bond acceptors (Lipinski definition) is 2. The lowest BCUT2D eigenvalue weighted by Crippen LogP contribution is -2.27. The molecule has 0 aromatic heterocycles. The second kappa shape index (κ2) is 8.77. The van der Waals surface area contributed by atoms with Gasteiger partial charge in [0.1, 0.15) is 0 Å². The molecule has 94 valence electrons. The quantitative estimate of drug-likeness (QED) is 0.481. The van der Waals surface area contributed by atoms with E-state index < -0.39 is 0 Å². The Morgan fingerprint density at radius 3 is 2.88 bits per heavy atom. The minimum absolute atomic E-state index is 0.0171. The zero-order chi connectivity index (χ0) is 11.6. The maximum Gasteiger partial charge on any atom is 0.158 e. The Kier molecular flexibility index (Phi) is 7.52. The van der Waals surface area contributed by atoms with Gasteiger partial charge in [0.25, 0.3) is 0 Å². The molecule has 0 spiro atoms. The molecule has 0 amide bonds. The van der Waals surface area contributed by atoms with Crippen molar-refractivity contribution in [2.24, 2.45) is 0 Å². The lowest BCUT2D eigenvalue weighted by molar-refractivity contribution is -0.166. The predicted octanol–water partition coefficient (Wildman–Crippen LogP) is 4.05. The van der Waals surface area contributed by atoms with E-state index in [0.29, 0.717) is 0 Å². The van der Waals surface area contributed by atoms with Gasteiger partial charge in [0.15, 0.2) is 6.29 Å². The van der Waals surface area contributed by atoms with E-state index in [1.807, 2.05) is 0 Å². The molecule has 0 saturated carbocycles. The van der Waals surface area contributed by atoms with Gasteiger partial charge in [-0.25, -0.2) is 0 Å². The van der Waals surface area contributed by atoms with E-state index in [4.69, 9.17) is 9.47 Å². The smallest absolute Gasteiger partial charge is 0.158 e. The predicted molar refractivity (Wildman–Crippen MR) is 67.4 cm³/mol. The van der Waals surface area contributed by atoms with Gasteiger partial charge < -0.3 is 9.47 Å². The van der Waals surface area contributed by atoms with E-state index in [9.17, 15) is 0 Å². The summed E-state index contributed by atoms with van der Waals surface area (Å²) in [5.41, 5.74) is 0. The van der Waals surface area contributed by atoms with Crippen molar-refractivity contribution in [2.45, 2.75) is 70.7 Å². The molecule has 1 heterocycles. The summed E-state index contributed by atoms with van der Waals surface area (Å²) in [7, 11) is 1.72. The standard InChI is InChI=1S/C14H26O2/c1-3-4-5-6-7-8-10-13-11-9-12-14(15-2)16-13/h8,10,13-14H,3-7,9,11-12H2,1-2H3/b10-8+/t13-,14?/m1/s1. The summed E-state index contributed by atoms with van der Waals surface area (Å²) in [4.78, 5) is 0. The molecule has 2 nitrogen and oxygen atoms in total. The first-order valence-corrected chi connectivity index (χ1v) is 6.71. The molecule has 0 aliphatic carbocycles. The third-order valence-corrected chi connectivity index (χ3v) is 3.09. The molecule has 16 heavy (non-hydrogen) atoms. The molecule has 1 aliphatic heterocycles. The van der Waals surface area contributed by atoms with Crippen LogP contribution < -0.4 is 0 Å². The Bertz CT molecular complexity index is 189. The molecule has 1 saturated heterocycles. The van der Waals surface area contributed by atoms with Crippen molar-refractivity contribution in [1.82, 2.24) is 0 Å². The normalized spacial score (nSPS) is 26.4. The van der Waals surface area contributed by atoms with Gasteiger partial charge in [-0.2, -0.15) is 0 Å². The second-order valence-corrected chi connectivity index (χ2v) is 4.55. The lowest BCUT2D eigenvalue weighted by atomic mass is 10.1. The Hall–Kier alpha value is -0.340. The zero-order valence-electron chi connectivity index (χ0n) is 10.8. The first kappa shape index (κ1) is 13.7. The lowest BCUT2D eigenvalue weighted by Gasteiger charge is -2.27. The van der Waals surface area contributed by atoms with Crippen molar-refractivity contribution in [3.8, 4) is 0 Å². The molecule has 1 rings (SSSR count). The summed E-state index contributed by atoms with van der Waals surface area (Å²) in [6, 6.07) is 0. The van der Waals surface area contributed by atoms with Gasteiger partial charge >= 0.3 is 0 Å². The third-order valence-electron chi connectivity index (χ3n) is 3.09. The van der Waals surface area contributed by atoms with Crippen molar-refractivity contribution in [1.29, 1.82) is 0 Å². The van der Waals surface area contributed by atoms with E-state index in [1.54, 1.807) is 7.11 Å². The topological polar surface area (TPSA) is 18.5 Å². The summed E-state index contributed by atoms with van der Waals surface area (Å²) < 4.78 is 11.0. The fourth-order valence-corrected chi connectivity index (χ4v) is 2.07. The van der Waals surface area contributed by atoms with Gasteiger partial charge in [0, 0.05) is 7.11 Å². The Balaban J connectivity index is 2.08. The molecule has 0 radical (unpaired) electrons. The molecule has 2 heteroatoms. The van der Waals surface area contributed by atoms with Crippen LogP contribution in [0.25, 0.3) is 0 Å². The molecule has 0 bridgehead atoms. The number of allylic oxidation sites excluding steroid dienone is 1. The summed E-state index contributed by atoms with van der Waals surface area (Å²) >= 11 is 0. The summed E-state index contributed by atoms with van der Waals surface area (Å²) in [5, 5.41) is 0. The molecule has 0 aromatic rings. The van der Waals surface area contributed by atoms with Crippen molar-refractivity contribution in [3.63, 3.8) is 0 Å². The summed E-state index contributed by atoms with van der Waals surface area (Å²) in [6.45, 7) is 2.25. The average molecular weight is 226 g/mol. The van der Waals surface area contributed by atoms with Crippen LogP contribution in [0, 0.1) is 0 Å². The van der Waals surface area contributed by atoms with E-state index in [2.05, 4.69) is 19.1 Å². The highest BCUT2D eigenvalue weighted by molar-refractivity contribution is 4.91. The molecule has 0 aromatic carbocycles. The van der Waals surface area contributed by atoms with Crippen LogP contribution >= 0.6 is 0 Å². The molecule has 1 aliphatic rings. The number of ether oxygens (including phenoxy) is 2. The number of rotatable bonds is 7. The van der Waals surface area contributed by atoms with Crippen LogP contribution in [0.3, 0.4) is 0 Å². The fraction of sp³-hybridized carbons (Fsp3) is 0.857. The molecular weight excluding hydrogens is 200 g/mol. The van der Waals surface area contributed by atoms with Gasteiger partial charge in [-0.15, -0.1) is 0 Å². The van der Waals surface area contributed by atoms with Gasteiger partial charge in [0.2, 0.25) is 0 Å². The first-order valence-electron chi connectivity index (χ1n) is 6.71. The van der Waals surface area contributed by atoms with Crippen molar-refractivity contribution >= 4 is 0 Å². The van der Waals surface area contributed by atoms with Gasteiger partial charge in [-0.05, 0) is 32.1 Å². The highest BCUT2D eigenvalue weighted by atomic mass is 16.7. The Morgan fingerprint density at radius 2 is 2.12 bits per heavy atom. The summed E-state index contributed by atoms with van der Waals surface area (Å²) in [6.07, 6.45) is 14.7. The van der Waals surface area contributed by atoms with E-state index >= 15 is 0 Å². The maximum absolute atomic E-state index is 5.75. The number of methoxy groups -OCH3 is 1. The third kappa shape index (κ3) is 5.66. The van der Waals surface area contributed by atoms with Crippen LogP contribution in [0.2, 0.25) is 0 Å². The van der Waals surface area contributed by atoms with Gasteiger partial charge in [-0.3, -0.25) is 0 Å².